The van der Waals surface area contributed by atoms with E-state index in [-0.39, 0.29) is 36.5 Å². The number of nitrogens with zero attached hydrogens (tertiary/aromatic N) is 4. The number of fused-ring (bicyclic) bond motifs is 1. The van der Waals surface area contributed by atoms with Gasteiger partial charge in [-0.15, -0.1) is 0 Å². The van der Waals surface area contributed by atoms with Gasteiger partial charge in [0.25, 0.3) is 5.91 Å². The molecule has 3 aromatic heterocycles. The molecule has 220 valence electrons. The number of pyridine rings is 1. The van der Waals surface area contributed by atoms with Gasteiger partial charge in [0.15, 0.2) is 17.7 Å². The van der Waals surface area contributed by atoms with Gasteiger partial charge in [0.2, 0.25) is 11.3 Å². The molecule has 3 heterocycles. The zero-order chi connectivity index (χ0) is 29.5. The molecule has 0 aliphatic heterocycles. The first-order chi connectivity index (χ1) is 19.7. The lowest BCUT2D eigenvalue weighted by Gasteiger charge is -2.24. The van der Waals surface area contributed by atoms with Crippen LogP contribution in [0.5, 0.6) is 5.75 Å². The second kappa shape index (κ2) is 13.5. The van der Waals surface area contributed by atoms with Crippen molar-refractivity contribution in [3.63, 3.8) is 0 Å². The summed E-state index contributed by atoms with van der Waals surface area (Å²) in [5.41, 5.74) is 2.31. The van der Waals surface area contributed by atoms with Gasteiger partial charge < -0.3 is 30.2 Å². The van der Waals surface area contributed by atoms with Crippen LogP contribution in [0.25, 0.3) is 11.2 Å². The highest BCUT2D eigenvalue weighted by Gasteiger charge is 2.26. The summed E-state index contributed by atoms with van der Waals surface area (Å²) in [5, 5.41) is 15.8. The molecule has 0 atom stereocenters. The number of hydrogen-bond acceptors (Lipinski definition) is 8. The molecule has 4 N–H and O–H groups in total. The maximum absolute atomic E-state index is 12.7. The van der Waals surface area contributed by atoms with Crippen LogP contribution in [0, 0.1) is 0 Å². The predicted molar refractivity (Wildman–Crippen MR) is 154 cm³/mol. The molecule has 1 fully saturated rings. The number of aromatic nitrogens is 4. The van der Waals surface area contributed by atoms with Crippen molar-refractivity contribution in [2.24, 2.45) is 0 Å². The molecule has 2 amide bonds. The van der Waals surface area contributed by atoms with Crippen molar-refractivity contribution in [1.82, 2.24) is 35.1 Å². The topological polar surface area (TPSA) is 162 Å². The Hall–Kier alpha value is -4.06. The van der Waals surface area contributed by atoms with E-state index >= 15 is 0 Å². The number of carbonyl (C=O) groups excluding carboxylic acids is 3. The Labute approximate surface area is 238 Å². The van der Waals surface area contributed by atoms with E-state index in [1.165, 1.54) is 6.07 Å². The maximum atomic E-state index is 12.7. The number of rotatable bonds is 15. The van der Waals surface area contributed by atoms with Gasteiger partial charge in [0, 0.05) is 56.0 Å². The molecule has 0 radical (unpaired) electrons. The Morgan fingerprint density at radius 2 is 2.02 bits per heavy atom. The van der Waals surface area contributed by atoms with Crippen molar-refractivity contribution < 1.29 is 19.5 Å². The SMILES string of the molecule is CC(C)N(C)CCn1c(CNC(=O)CCCCCNC(=O)c2c[nH]c3ncc(C4CC4)nc23)cc(=O)c(O)c1C=O. The van der Waals surface area contributed by atoms with Crippen LogP contribution < -0.4 is 16.1 Å². The van der Waals surface area contributed by atoms with Gasteiger partial charge in [-0.25, -0.2) is 9.97 Å². The van der Waals surface area contributed by atoms with Gasteiger partial charge in [-0.1, -0.05) is 6.42 Å². The molecule has 3 aromatic rings. The molecule has 0 aromatic carbocycles. The fourth-order valence-corrected chi connectivity index (χ4v) is 4.57. The van der Waals surface area contributed by atoms with E-state index in [1.807, 2.05) is 20.9 Å². The van der Waals surface area contributed by atoms with E-state index < -0.39 is 11.2 Å². The molecule has 1 aliphatic rings. The van der Waals surface area contributed by atoms with Crippen molar-refractivity contribution >= 4 is 29.3 Å². The first-order valence-corrected chi connectivity index (χ1v) is 14.2. The van der Waals surface area contributed by atoms with Gasteiger partial charge in [-0.2, -0.15) is 0 Å². The Morgan fingerprint density at radius 3 is 2.73 bits per heavy atom. The molecule has 0 unspecified atom stereocenters. The van der Waals surface area contributed by atoms with Crippen LogP contribution in [0.1, 0.15) is 90.5 Å². The molecular formula is C29H39N7O5. The van der Waals surface area contributed by atoms with Crippen LogP contribution in [0.2, 0.25) is 0 Å². The summed E-state index contributed by atoms with van der Waals surface area (Å²) in [6.07, 6.45) is 8.47. The van der Waals surface area contributed by atoms with Crippen molar-refractivity contribution in [3.8, 4) is 5.75 Å². The summed E-state index contributed by atoms with van der Waals surface area (Å²) in [4.78, 5) is 63.1. The number of H-pyrrole nitrogens is 1. The molecule has 1 saturated carbocycles. The van der Waals surface area contributed by atoms with Crippen LogP contribution in [0.4, 0.5) is 0 Å². The smallest absolute Gasteiger partial charge is 0.255 e. The quantitative estimate of drug-likeness (QED) is 0.161. The summed E-state index contributed by atoms with van der Waals surface area (Å²) >= 11 is 0. The number of hydrogen-bond donors (Lipinski definition) is 4. The minimum atomic E-state index is -0.658. The monoisotopic (exact) mass is 565 g/mol. The second-order valence-electron chi connectivity index (χ2n) is 10.9. The van der Waals surface area contributed by atoms with E-state index in [4.69, 9.17) is 0 Å². The van der Waals surface area contributed by atoms with E-state index in [0.29, 0.717) is 67.1 Å². The maximum Gasteiger partial charge on any atom is 0.255 e. The molecule has 1 aliphatic carbocycles. The number of carbonyl (C=O) groups is 3. The Kier molecular flexibility index (Phi) is 9.87. The lowest BCUT2D eigenvalue weighted by molar-refractivity contribution is -0.121. The zero-order valence-electron chi connectivity index (χ0n) is 23.9. The van der Waals surface area contributed by atoms with Gasteiger partial charge in [-0.05, 0) is 46.6 Å². The summed E-state index contributed by atoms with van der Waals surface area (Å²) < 4.78 is 1.58. The van der Waals surface area contributed by atoms with E-state index in [9.17, 15) is 24.3 Å². The summed E-state index contributed by atoms with van der Waals surface area (Å²) in [5.74, 6) is -0.524. The first-order valence-electron chi connectivity index (χ1n) is 14.2. The van der Waals surface area contributed by atoms with Crippen molar-refractivity contribution in [2.75, 3.05) is 20.1 Å². The van der Waals surface area contributed by atoms with Crippen molar-refractivity contribution in [1.29, 1.82) is 0 Å². The molecular weight excluding hydrogens is 526 g/mol. The van der Waals surface area contributed by atoms with Gasteiger partial charge in [0.05, 0.1) is 24.0 Å². The highest BCUT2D eigenvalue weighted by atomic mass is 16.3. The summed E-state index contributed by atoms with van der Waals surface area (Å²) in [6, 6.07) is 1.54. The number of amides is 2. The number of likely N-dealkylation sites (N-methyl/N-ethyl adjacent to an activating group) is 1. The molecule has 0 spiro atoms. The average Bonchev–Trinajstić information content (AvgIpc) is 3.72. The fourth-order valence-electron chi connectivity index (χ4n) is 4.57. The van der Waals surface area contributed by atoms with E-state index in [0.717, 1.165) is 25.0 Å². The third-order valence-electron chi connectivity index (χ3n) is 7.55. The average molecular weight is 566 g/mol. The highest BCUT2D eigenvalue weighted by Crippen LogP contribution is 2.39. The Balaban J connectivity index is 1.21. The van der Waals surface area contributed by atoms with Crippen LogP contribution in [0.15, 0.2) is 23.3 Å². The number of aromatic hydroxyl groups is 1. The van der Waals surface area contributed by atoms with Crippen LogP contribution in [0.3, 0.4) is 0 Å². The summed E-state index contributed by atoms with van der Waals surface area (Å²) in [6.45, 7) is 5.59. The van der Waals surface area contributed by atoms with E-state index in [1.54, 1.807) is 17.0 Å². The van der Waals surface area contributed by atoms with Crippen molar-refractivity contribution in [2.45, 2.75) is 77.4 Å². The standard InChI is InChI=1S/C29H39N7O5/c1-18(2)35(3)11-12-36-20(13-24(38)27(40)23(36)17-37)14-31-25(39)7-5-4-6-10-30-29(41)21-15-32-28-26(21)34-22(16-33-28)19-8-9-19/h13,15-19,40H,4-12,14H2,1-3H3,(H,30,41)(H,31,39)(H,32,33). The second-order valence-corrected chi connectivity index (χ2v) is 10.9. The minimum absolute atomic E-state index is 0.0621. The van der Waals surface area contributed by atoms with Gasteiger partial charge >= 0.3 is 0 Å². The van der Waals surface area contributed by atoms with Gasteiger partial charge in [-0.3, -0.25) is 19.2 Å². The number of nitrogens with one attached hydrogen (secondary N) is 3. The lowest BCUT2D eigenvalue weighted by Crippen LogP contribution is -2.33. The van der Waals surface area contributed by atoms with Crippen LogP contribution in [-0.2, 0) is 17.9 Å². The molecule has 0 bridgehead atoms. The molecule has 41 heavy (non-hydrogen) atoms. The van der Waals surface area contributed by atoms with Crippen LogP contribution >= 0.6 is 0 Å². The van der Waals surface area contributed by atoms with Gasteiger partial charge in [0.1, 0.15) is 11.2 Å². The zero-order valence-corrected chi connectivity index (χ0v) is 23.9. The Morgan fingerprint density at radius 1 is 1.24 bits per heavy atom. The number of aromatic amines is 1. The third-order valence-corrected chi connectivity index (χ3v) is 7.55. The van der Waals surface area contributed by atoms with Crippen LogP contribution in [-0.4, -0.2) is 73.8 Å². The van der Waals surface area contributed by atoms with E-state index in [2.05, 4.69) is 30.5 Å². The number of aldehydes is 1. The predicted octanol–water partition coefficient (Wildman–Crippen LogP) is 2.46. The fraction of sp³-hybridized carbons (Fsp3) is 0.517. The minimum Gasteiger partial charge on any atom is -0.503 e. The summed E-state index contributed by atoms with van der Waals surface area (Å²) in [7, 11) is 1.95. The van der Waals surface area contributed by atoms with Crippen molar-refractivity contribution in [3.05, 3.63) is 51.3 Å². The first kappa shape index (κ1) is 29.9. The molecule has 0 saturated heterocycles. The Bertz CT molecular complexity index is 1460. The normalized spacial score (nSPS) is 13.2. The lowest BCUT2D eigenvalue weighted by atomic mass is 10.1. The number of unbranched alkanes of at least 4 members (excludes halogenated alkanes) is 2. The molecule has 4 rings (SSSR count). The molecule has 12 heteroatoms. The largest absolute Gasteiger partial charge is 0.503 e. The third kappa shape index (κ3) is 7.57. The molecule has 12 nitrogen and oxygen atoms in total. The highest BCUT2D eigenvalue weighted by molar-refractivity contribution is 6.04.